The maximum atomic E-state index is 13.5. The van der Waals surface area contributed by atoms with Gasteiger partial charge in [0, 0.05) is 25.8 Å². The number of hydrogen-bond donors (Lipinski definition) is 5. The molecule has 10 fully saturated rings. The number of esters is 7. The summed E-state index contributed by atoms with van der Waals surface area (Å²) in [5.41, 5.74) is -17.7. The number of nitrogens with one attached hydrogen (secondary N) is 1. The van der Waals surface area contributed by atoms with E-state index in [9.17, 15) is 120 Å². The number of benzene rings is 3. The lowest BCUT2D eigenvalue weighted by Gasteiger charge is -2.59. The number of aliphatic carboxylic acids is 1. The first-order valence-electron chi connectivity index (χ1n) is 52.6. The molecule has 3 aromatic carbocycles. The van der Waals surface area contributed by atoms with Crippen LogP contribution in [0.1, 0.15) is 374 Å². The molecule has 858 valence electrons. The van der Waals surface area contributed by atoms with Crippen molar-refractivity contribution in [2.24, 2.45) is 73.9 Å². The summed E-state index contributed by atoms with van der Waals surface area (Å²) in [5, 5.41) is 35.9. The lowest BCUT2D eigenvalue weighted by Crippen LogP contribution is -2.70. The number of halogens is 11. The van der Waals surface area contributed by atoms with Gasteiger partial charge in [0.05, 0.1) is 55.4 Å². The largest absolute Gasteiger partial charge is 0.743 e. The Kier molecular flexibility index (Phi) is 47.6. The van der Waals surface area contributed by atoms with E-state index in [1.165, 1.54) is 54.7 Å². The molecule has 3 aromatic rings. The molecule has 150 heavy (non-hydrogen) atoms. The van der Waals surface area contributed by atoms with E-state index in [4.69, 9.17) is 38.3 Å². The number of unbranched alkanes of at least 4 members (excludes halogenated alkanes) is 2. The number of rotatable bonds is 34. The highest BCUT2D eigenvalue weighted by molar-refractivity contribution is 7.97. The molecule has 9 saturated carbocycles. The van der Waals surface area contributed by atoms with Crippen molar-refractivity contribution in [2.75, 3.05) is 6.54 Å². The minimum absolute atomic E-state index is 0.0146. The Bertz CT molecular complexity index is 4790. The van der Waals surface area contributed by atoms with E-state index in [2.05, 4.69) is 115 Å². The molecule has 13 rings (SSSR count). The van der Waals surface area contributed by atoms with Crippen LogP contribution in [-0.4, -0.2) is 181 Å². The number of carboxylic acids is 1. The predicted octanol–water partition coefficient (Wildman–Crippen LogP) is 25.9. The van der Waals surface area contributed by atoms with Gasteiger partial charge in [-0.1, -0.05) is 123 Å². The average Bonchev–Trinajstić information content (AvgIpc) is 0.755. The van der Waals surface area contributed by atoms with E-state index in [0.29, 0.717) is 108 Å². The van der Waals surface area contributed by atoms with Gasteiger partial charge >= 0.3 is 77.6 Å². The first kappa shape index (κ1) is 134. The highest BCUT2D eigenvalue weighted by atomic mass is 32.2. The van der Waals surface area contributed by atoms with Crippen LogP contribution >= 0.6 is 0 Å². The van der Waals surface area contributed by atoms with Crippen molar-refractivity contribution in [1.82, 2.24) is 5.32 Å². The normalized spacial score (nSPS) is 23.7. The lowest BCUT2D eigenvalue weighted by atomic mass is 9.49. The number of ether oxygens (including phenoxy) is 8. The molecule has 7 unspecified atom stereocenters. The summed E-state index contributed by atoms with van der Waals surface area (Å²) in [6, 6.07) is 32.2. The average molecular weight is 2190 g/mol. The van der Waals surface area contributed by atoms with Gasteiger partial charge < -0.3 is 68.2 Å². The van der Waals surface area contributed by atoms with Crippen molar-refractivity contribution in [3.63, 3.8) is 0 Å². The molecule has 25 nitrogen and oxygen atoms in total. The fourth-order valence-electron chi connectivity index (χ4n) is 19.6. The van der Waals surface area contributed by atoms with E-state index in [1.807, 2.05) is 83.1 Å². The molecule has 1 saturated heterocycles. The number of carbonyl (C=O) groups is 9. The fraction of sp³-hybridized carbons (Fsp3) is 0.759. The van der Waals surface area contributed by atoms with Crippen LogP contribution in [0.15, 0.2) is 106 Å². The second-order valence-electron chi connectivity index (χ2n) is 48.2. The predicted molar refractivity (Wildman–Crippen MR) is 546 cm³/mol. The third kappa shape index (κ3) is 37.7. The molecule has 1 aliphatic heterocycles. The van der Waals surface area contributed by atoms with Gasteiger partial charge in [-0.05, 0) is 357 Å². The summed E-state index contributed by atoms with van der Waals surface area (Å²) in [6.45, 7) is 46.4. The Labute approximate surface area is 884 Å². The van der Waals surface area contributed by atoms with Crippen molar-refractivity contribution in [2.45, 2.75) is 475 Å². The maximum absolute atomic E-state index is 13.5. The minimum atomic E-state index is -6.06. The van der Waals surface area contributed by atoms with Crippen molar-refractivity contribution in [3.8, 4) is 0 Å². The Morgan fingerprint density at radius 3 is 1.25 bits per heavy atom. The summed E-state index contributed by atoms with van der Waals surface area (Å²) < 4.78 is 215. The number of cyclic esters (lactones) is 1. The summed E-state index contributed by atoms with van der Waals surface area (Å²) in [4.78, 5) is 109. The third-order valence-corrected chi connectivity index (χ3v) is 34.0. The number of aliphatic hydroxyl groups is 3. The zero-order valence-corrected chi connectivity index (χ0v) is 95.0. The Morgan fingerprint density at radius 2 is 0.900 bits per heavy atom. The summed E-state index contributed by atoms with van der Waals surface area (Å²) in [5.74, 6) is -1.15. The van der Waals surface area contributed by atoms with Gasteiger partial charge in [0.25, 0.3) is 5.60 Å². The number of carboxylic acid groups (broad SMARTS) is 1. The fourth-order valence-corrected chi connectivity index (χ4v) is 22.2. The van der Waals surface area contributed by atoms with Crippen molar-refractivity contribution in [3.05, 3.63) is 91.0 Å². The molecule has 5 N–H and O–H groups in total. The second-order valence-corrected chi connectivity index (χ2v) is 51.6. The zero-order chi connectivity index (χ0) is 115. The first-order valence-corrected chi connectivity index (χ1v) is 55.2. The van der Waals surface area contributed by atoms with Gasteiger partial charge in [-0.25, -0.2) is 13.2 Å². The molecule has 9 aliphatic carbocycles. The zero-order valence-electron chi connectivity index (χ0n) is 93.4. The first-order chi connectivity index (χ1) is 68.3. The van der Waals surface area contributed by atoms with E-state index in [-0.39, 0.29) is 89.1 Å². The standard InChI is InChI=1S/C18H15S.C16H26O3.C15H27F3O3.C14H20F2O5S.C14H26O2.C12H18F6O3.C12H20O4.C11H21NO4/c1-4-10-16(11-5-1)19(17-12-6-2-7-13-17)18-14-8-3-9-15-18;1-4-14(2,3)13(17)19-16-8-11-5-12(9-16)7-15(18,6-11)10-16;1-7-13(4,5)12(19)21-11(8-10(2)3)9-14(6,20)15(16,17)18;1-8(14(15,16)22(18,19)20)21-12(17)13-5-9-2-10(6-13)4-11(3-9)7-13;1-6-13(4,5)12(15)16-14(11(2)3)9-7-8-10-14;1-6-8(2,3)7(19)21-9(4,5)10(20,11(13,14)15)12(16,17)18;1-6-11(3,4)10(14)16-12(5)7-9(13)15-8(12)2;1-11(2,3)16-10(15)12-8-6-4-5-7-9(13)14/h1-15H;11-12,18H,4-10H2,1-3H3;10-11,20H,7-9H2,1-6H3;8-11H,2-7H2,1H3,(H,18,19,20);11H,6-10H2,1-5H3;20H,6H2,1-5H3;8H,6-7H2,1-5H3;4-8H2,1-3H3,(H,12,15)(H,13,14)/q+1;;;;;;;/p-1. The van der Waals surface area contributed by atoms with Crippen molar-refractivity contribution in [1.29, 1.82) is 0 Å². The molecule has 0 spiro atoms. The molecule has 10 aliphatic rings. The SMILES string of the molecule is CC(C)(C)OC(=O)NCCCCCC(=O)O.CC(OC(=O)C12CC3CC(CC(C3)C1)C2)C(F)(F)S(=O)(=O)[O-].CCC(C)(C)C(=O)OC(C)(C)C(O)(C(F)(F)F)C(F)(F)F.CCC(C)(C)C(=O)OC(CC(C)C)CC(C)(O)C(F)(F)F.CCC(C)(C)C(=O)OC1(C(C)C)CCCC1.CCC(C)(C)C(=O)OC1(C)CC(=O)OC1C.CCC(C)(C)C(=O)OC12CC3CC(CC(O)(C3)C1)C2.c1ccc([S+](c2ccccc2)c2ccccc2)cc1. The topological polar surface area (TPSA) is 378 Å². The monoisotopic (exact) mass is 2190 g/mol. The van der Waals surface area contributed by atoms with Crippen LogP contribution in [0.2, 0.25) is 0 Å². The minimum Gasteiger partial charge on any atom is -0.743 e. The molecule has 8 bridgehead atoms. The summed E-state index contributed by atoms with van der Waals surface area (Å²) in [7, 11) is -5.88. The molecular weight excluding hydrogens is 2020 g/mol. The maximum Gasteiger partial charge on any atom is 0.430 e. The van der Waals surface area contributed by atoms with E-state index >= 15 is 0 Å². The Balaban J connectivity index is 0.000000358. The van der Waals surface area contributed by atoms with Crippen molar-refractivity contribution >= 4 is 74.9 Å². The van der Waals surface area contributed by atoms with Crippen LogP contribution in [0.25, 0.3) is 0 Å². The molecule has 1 heterocycles. The van der Waals surface area contributed by atoms with Crippen LogP contribution < -0.4 is 5.32 Å². The lowest BCUT2D eigenvalue weighted by molar-refractivity contribution is -0.408. The third-order valence-electron chi connectivity index (χ3n) is 30.8. The molecular formula is C112H172F11NO24S2. The number of hydrogen-bond acceptors (Lipinski definition) is 23. The number of alkyl carbamates (subject to hydrolysis) is 1. The van der Waals surface area contributed by atoms with Gasteiger partial charge in [-0.2, -0.15) is 48.3 Å². The quantitative estimate of drug-likeness (QED) is 0.00926. The molecule has 7 atom stereocenters. The van der Waals surface area contributed by atoms with Gasteiger partial charge in [0.15, 0.2) is 47.7 Å². The van der Waals surface area contributed by atoms with Crippen LogP contribution in [0.5, 0.6) is 0 Å². The van der Waals surface area contributed by atoms with Gasteiger partial charge in [-0.15, -0.1) is 0 Å². The summed E-state index contributed by atoms with van der Waals surface area (Å²) >= 11 is 0. The van der Waals surface area contributed by atoms with Gasteiger partial charge in [0.1, 0.15) is 29.0 Å². The van der Waals surface area contributed by atoms with Crippen LogP contribution in [-0.2, 0) is 97.3 Å². The number of carbonyl (C=O) groups excluding carboxylic acids is 8. The Morgan fingerprint density at radius 1 is 0.513 bits per heavy atom. The molecule has 0 radical (unpaired) electrons. The van der Waals surface area contributed by atoms with Crippen LogP contribution in [0.4, 0.5) is 53.1 Å². The van der Waals surface area contributed by atoms with E-state index in [0.717, 1.165) is 90.4 Å². The Hall–Kier alpha value is -7.94. The molecule has 0 aromatic heterocycles. The summed E-state index contributed by atoms with van der Waals surface area (Å²) in [6.07, 6.45) is -0.547. The molecule has 38 heteroatoms. The van der Waals surface area contributed by atoms with Crippen LogP contribution in [0, 0.1) is 73.9 Å². The highest BCUT2D eigenvalue weighted by Crippen LogP contribution is 2.62. The number of amides is 1. The second kappa shape index (κ2) is 53.2. The molecule has 1 amide bonds. The van der Waals surface area contributed by atoms with Crippen LogP contribution in [0.3, 0.4) is 0 Å². The van der Waals surface area contributed by atoms with Gasteiger partial charge in [0.2, 0.25) is 0 Å². The highest BCUT2D eigenvalue weighted by Gasteiger charge is 2.79. The van der Waals surface area contributed by atoms with E-state index < -0.39 is 143 Å². The van der Waals surface area contributed by atoms with Gasteiger partial charge in [-0.3, -0.25) is 38.4 Å². The smallest absolute Gasteiger partial charge is 0.430 e. The number of alkyl halides is 11. The van der Waals surface area contributed by atoms with Crippen molar-refractivity contribution < 1.29 is 163 Å². The van der Waals surface area contributed by atoms with E-state index in [1.54, 1.807) is 48.5 Å².